The van der Waals surface area contributed by atoms with Gasteiger partial charge in [0.25, 0.3) is 11.6 Å². The van der Waals surface area contributed by atoms with Crippen molar-refractivity contribution < 1.29 is 47.7 Å². The van der Waals surface area contributed by atoms with E-state index < -0.39 is 60.4 Å². The van der Waals surface area contributed by atoms with Crippen LogP contribution in [0.2, 0.25) is 0 Å². The van der Waals surface area contributed by atoms with Gasteiger partial charge in [0.1, 0.15) is 0 Å². The van der Waals surface area contributed by atoms with Gasteiger partial charge in [-0.2, -0.15) is 0 Å². The second-order valence-corrected chi connectivity index (χ2v) is 6.61. The SMILES string of the molecule is COC(=O)[C@@]1(NC(=O)c2ccccc2)OC[C@H](OC(C)=O)[C@@H](OC(C)=O)[C@H]1OC(C)=O. The zero-order valence-corrected chi connectivity index (χ0v) is 17.4. The number of nitrogens with one attached hydrogen (secondary N) is 1. The van der Waals surface area contributed by atoms with E-state index in [-0.39, 0.29) is 5.56 Å². The van der Waals surface area contributed by atoms with Crippen LogP contribution < -0.4 is 5.32 Å². The first-order valence-electron chi connectivity index (χ1n) is 9.22. The van der Waals surface area contributed by atoms with Crippen LogP contribution in [0.15, 0.2) is 30.3 Å². The highest BCUT2D eigenvalue weighted by Crippen LogP contribution is 2.32. The van der Waals surface area contributed by atoms with E-state index >= 15 is 0 Å². The first-order valence-corrected chi connectivity index (χ1v) is 9.22. The number of benzene rings is 1. The number of hydrogen-bond acceptors (Lipinski definition) is 10. The van der Waals surface area contributed by atoms with Crippen LogP contribution in [0.4, 0.5) is 0 Å². The Kier molecular flexibility index (Phi) is 7.70. The van der Waals surface area contributed by atoms with Gasteiger partial charge >= 0.3 is 23.9 Å². The second-order valence-electron chi connectivity index (χ2n) is 6.61. The third-order valence-corrected chi connectivity index (χ3v) is 4.28. The van der Waals surface area contributed by atoms with Crippen molar-refractivity contribution in [2.24, 2.45) is 0 Å². The van der Waals surface area contributed by atoms with Crippen LogP contribution in [0.1, 0.15) is 31.1 Å². The first-order chi connectivity index (χ1) is 14.6. The van der Waals surface area contributed by atoms with E-state index in [2.05, 4.69) is 5.32 Å². The monoisotopic (exact) mass is 437 g/mol. The van der Waals surface area contributed by atoms with Gasteiger partial charge in [-0.25, -0.2) is 4.79 Å². The Morgan fingerprint density at radius 2 is 1.52 bits per heavy atom. The summed E-state index contributed by atoms with van der Waals surface area (Å²) in [6, 6.07) is 7.85. The maximum atomic E-state index is 12.8. The number of ether oxygens (including phenoxy) is 5. The van der Waals surface area contributed by atoms with Crippen LogP contribution in [0.5, 0.6) is 0 Å². The van der Waals surface area contributed by atoms with Gasteiger partial charge in [0, 0.05) is 26.3 Å². The van der Waals surface area contributed by atoms with Crippen molar-refractivity contribution in [2.75, 3.05) is 13.7 Å². The third-order valence-electron chi connectivity index (χ3n) is 4.28. The van der Waals surface area contributed by atoms with Crippen molar-refractivity contribution in [1.82, 2.24) is 5.32 Å². The molecule has 0 spiro atoms. The molecule has 0 aromatic heterocycles. The van der Waals surface area contributed by atoms with Gasteiger partial charge < -0.3 is 29.0 Å². The summed E-state index contributed by atoms with van der Waals surface area (Å²) in [5.74, 6) is -4.30. The molecule has 1 aliphatic rings. The number of carbonyl (C=O) groups excluding carboxylic acids is 5. The van der Waals surface area contributed by atoms with E-state index in [1.54, 1.807) is 18.2 Å². The molecule has 0 radical (unpaired) electrons. The maximum Gasteiger partial charge on any atom is 0.363 e. The maximum absolute atomic E-state index is 12.8. The number of esters is 4. The van der Waals surface area contributed by atoms with Crippen LogP contribution in [0, 0.1) is 0 Å². The van der Waals surface area contributed by atoms with E-state index in [0.717, 1.165) is 27.9 Å². The summed E-state index contributed by atoms with van der Waals surface area (Å²) < 4.78 is 26.0. The van der Waals surface area contributed by atoms with Crippen LogP contribution in [0.3, 0.4) is 0 Å². The highest BCUT2D eigenvalue weighted by Gasteiger charge is 2.62. The number of carbonyl (C=O) groups is 5. The Balaban J connectivity index is 2.55. The van der Waals surface area contributed by atoms with Gasteiger partial charge in [-0.3, -0.25) is 19.2 Å². The third kappa shape index (κ3) is 5.57. The molecule has 1 aromatic carbocycles. The molecule has 0 aliphatic carbocycles. The minimum absolute atomic E-state index is 0.169. The largest absolute Gasteiger partial charge is 0.465 e. The Hall–Kier alpha value is -3.47. The fraction of sp³-hybridized carbons (Fsp3) is 0.450. The molecule has 4 atom stereocenters. The molecule has 31 heavy (non-hydrogen) atoms. The number of rotatable bonds is 6. The average Bonchev–Trinajstić information content (AvgIpc) is 2.71. The predicted molar refractivity (Wildman–Crippen MR) is 101 cm³/mol. The zero-order valence-electron chi connectivity index (χ0n) is 17.4. The molecule has 168 valence electrons. The molecule has 11 heteroatoms. The van der Waals surface area contributed by atoms with Crippen molar-refractivity contribution in [3.63, 3.8) is 0 Å². The molecule has 1 saturated heterocycles. The topological polar surface area (TPSA) is 144 Å². The predicted octanol–water partition coefficient (Wildman–Crippen LogP) is 0.111. The smallest absolute Gasteiger partial charge is 0.363 e. The van der Waals surface area contributed by atoms with Crippen molar-refractivity contribution in [2.45, 2.75) is 44.8 Å². The van der Waals surface area contributed by atoms with Crippen molar-refractivity contribution in [3.8, 4) is 0 Å². The summed E-state index contributed by atoms with van der Waals surface area (Å²) in [6.07, 6.45) is -4.43. The molecule has 0 unspecified atom stereocenters. The van der Waals surface area contributed by atoms with Crippen molar-refractivity contribution in [1.29, 1.82) is 0 Å². The van der Waals surface area contributed by atoms with Gasteiger partial charge in [0.2, 0.25) is 6.10 Å². The summed E-state index contributed by atoms with van der Waals surface area (Å²) in [7, 11) is 1.03. The molecule has 1 fully saturated rings. The molecule has 1 aromatic rings. The Morgan fingerprint density at radius 3 is 2.03 bits per heavy atom. The highest BCUT2D eigenvalue weighted by atomic mass is 16.7. The minimum Gasteiger partial charge on any atom is -0.465 e. The van der Waals surface area contributed by atoms with Crippen LogP contribution >= 0.6 is 0 Å². The molecule has 11 nitrogen and oxygen atoms in total. The molecule has 1 heterocycles. The summed E-state index contributed by atoms with van der Waals surface area (Å²) in [5.41, 5.74) is -2.22. The molecular weight excluding hydrogens is 414 g/mol. The van der Waals surface area contributed by atoms with E-state index in [0.29, 0.717) is 0 Å². The second kappa shape index (κ2) is 10.0. The van der Waals surface area contributed by atoms with Gasteiger partial charge in [0.15, 0.2) is 12.2 Å². The Bertz CT molecular complexity index is 855. The van der Waals surface area contributed by atoms with Gasteiger partial charge in [0.05, 0.1) is 13.7 Å². The molecule has 2 rings (SSSR count). The van der Waals surface area contributed by atoms with Gasteiger partial charge in [-0.15, -0.1) is 0 Å². The zero-order chi connectivity index (χ0) is 23.2. The van der Waals surface area contributed by atoms with Gasteiger partial charge in [-0.05, 0) is 12.1 Å². The van der Waals surface area contributed by atoms with Gasteiger partial charge in [-0.1, -0.05) is 18.2 Å². The lowest BCUT2D eigenvalue weighted by Gasteiger charge is -2.46. The van der Waals surface area contributed by atoms with Crippen molar-refractivity contribution >= 4 is 29.8 Å². The average molecular weight is 437 g/mol. The fourth-order valence-corrected chi connectivity index (χ4v) is 3.10. The molecule has 1 N–H and O–H groups in total. The van der Waals surface area contributed by atoms with E-state index in [4.69, 9.17) is 23.7 Å². The lowest BCUT2D eigenvalue weighted by atomic mass is 9.92. The lowest BCUT2D eigenvalue weighted by Crippen LogP contribution is -2.73. The minimum atomic E-state index is -2.38. The summed E-state index contributed by atoms with van der Waals surface area (Å²) in [5, 5.41) is 2.39. The van der Waals surface area contributed by atoms with Crippen LogP contribution in [-0.4, -0.2) is 67.5 Å². The highest BCUT2D eigenvalue weighted by molar-refractivity contribution is 5.98. The molecule has 0 bridgehead atoms. The van der Waals surface area contributed by atoms with E-state index in [1.807, 2.05) is 0 Å². The summed E-state index contributed by atoms with van der Waals surface area (Å²) in [4.78, 5) is 60.7. The van der Waals surface area contributed by atoms with Crippen LogP contribution in [0.25, 0.3) is 0 Å². The van der Waals surface area contributed by atoms with Crippen LogP contribution in [-0.2, 0) is 42.9 Å². The first kappa shape index (κ1) is 23.8. The lowest BCUT2D eigenvalue weighted by molar-refractivity contribution is -0.262. The molecule has 1 aliphatic heterocycles. The Morgan fingerprint density at radius 1 is 0.935 bits per heavy atom. The molecule has 0 saturated carbocycles. The fourth-order valence-electron chi connectivity index (χ4n) is 3.10. The number of amides is 1. The molecular formula is C20H23NO10. The molecule has 1 amide bonds. The normalized spacial score (nSPS) is 25.0. The van der Waals surface area contributed by atoms with Crippen molar-refractivity contribution in [3.05, 3.63) is 35.9 Å². The van der Waals surface area contributed by atoms with E-state index in [1.165, 1.54) is 12.1 Å². The standard InChI is InChI=1S/C20H23NO10/c1-11(22)29-15-10-28-20(19(26)27-4,21-18(25)14-8-6-5-7-9-14)17(31-13(3)24)16(15)30-12(2)23/h5-9,15-17H,10H2,1-4H3,(H,21,25)/t15-,16+,17+,20-/m0/s1. The quantitative estimate of drug-likeness (QED) is 0.481. The number of methoxy groups -OCH3 is 1. The number of hydrogen-bond donors (Lipinski definition) is 1. The van der Waals surface area contributed by atoms with E-state index in [9.17, 15) is 24.0 Å². The summed E-state index contributed by atoms with van der Waals surface area (Å²) >= 11 is 0. The Labute approximate surface area is 177 Å². The summed E-state index contributed by atoms with van der Waals surface area (Å²) in [6.45, 7) is 2.76.